The summed E-state index contributed by atoms with van der Waals surface area (Å²) in [5, 5.41) is 3.42. The van der Waals surface area contributed by atoms with Gasteiger partial charge < -0.3 is 15.1 Å². The molecule has 0 amide bonds. The topological polar surface area (TPSA) is 44.3 Å². The number of hydrogen-bond donors (Lipinski definition) is 1. The average molecular weight is 481 g/mol. The van der Waals surface area contributed by atoms with E-state index in [0.29, 0.717) is 22.8 Å². The summed E-state index contributed by atoms with van der Waals surface area (Å²) in [6.07, 6.45) is 12.5. The lowest BCUT2D eigenvalue weighted by atomic mass is 9.54. The lowest BCUT2D eigenvalue weighted by molar-refractivity contribution is -0.00471. The second-order valence-corrected chi connectivity index (χ2v) is 12.4. The van der Waals surface area contributed by atoms with Crippen LogP contribution in [0.1, 0.15) is 74.9 Å². The summed E-state index contributed by atoms with van der Waals surface area (Å²) in [6.45, 7) is 15.2. The number of nitrogens with zero attached hydrogens (tertiary/aromatic N) is 4. The van der Waals surface area contributed by atoms with E-state index in [-0.39, 0.29) is 11.4 Å². The number of likely N-dealkylation sites (tertiary alicyclic amines) is 1. The fourth-order valence-corrected chi connectivity index (χ4v) is 6.63. The van der Waals surface area contributed by atoms with Crippen LogP contribution in [0, 0.1) is 37.5 Å². The van der Waals surface area contributed by atoms with E-state index in [2.05, 4.69) is 78.8 Å². The van der Waals surface area contributed by atoms with Crippen molar-refractivity contribution in [3.8, 4) is 12.3 Å². The van der Waals surface area contributed by atoms with Crippen molar-refractivity contribution in [1.82, 2.24) is 14.9 Å². The standard InChI is InChI=1S/C30H40BN5/c1-7-26-28(33-22(4)25-10-9-20(2)13-21(25)3)34-27(16-32-26)36-17-23(18-36)30(31)11-8-12-35(19-30)24-14-29(5,6)15-24/h1,9-10,13,16,22-24H,8,11-12,14-15,17-19H2,2-6H3,(H,33,34)/t22-,30-/m1/s1. The molecule has 2 radical (unpaired) electrons. The number of hydrogen-bond acceptors (Lipinski definition) is 5. The average Bonchev–Trinajstić information content (AvgIpc) is 2.76. The molecule has 1 aliphatic carbocycles. The molecule has 3 heterocycles. The van der Waals surface area contributed by atoms with Crippen LogP contribution in [0.2, 0.25) is 5.31 Å². The Labute approximate surface area is 218 Å². The maximum absolute atomic E-state index is 7.07. The normalized spacial score (nSPS) is 25.5. The molecule has 1 aromatic heterocycles. The highest BCUT2D eigenvalue weighted by Crippen LogP contribution is 2.50. The molecule has 0 unspecified atom stereocenters. The van der Waals surface area contributed by atoms with Gasteiger partial charge in [-0.15, -0.1) is 6.42 Å². The number of terminal acetylenes is 1. The Hall–Kier alpha value is -2.52. The maximum Gasteiger partial charge on any atom is 0.163 e. The van der Waals surface area contributed by atoms with Crippen molar-refractivity contribution in [1.29, 1.82) is 0 Å². The zero-order valence-electron chi connectivity index (χ0n) is 22.6. The van der Waals surface area contributed by atoms with Crippen LogP contribution in [0.3, 0.4) is 0 Å². The lowest BCUT2D eigenvalue weighted by Gasteiger charge is -2.57. The predicted octanol–water partition coefficient (Wildman–Crippen LogP) is 5.30. The predicted molar refractivity (Wildman–Crippen MR) is 150 cm³/mol. The van der Waals surface area contributed by atoms with E-state index in [9.17, 15) is 0 Å². The first-order valence-electron chi connectivity index (χ1n) is 13.5. The molecular formula is C30H40BN5. The largest absolute Gasteiger partial charge is 0.361 e. The highest BCUT2D eigenvalue weighted by atomic mass is 15.3. The van der Waals surface area contributed by atoms with Crippen molar-refractivity contribution in [3.05, 3.63) is 46.8 Å². The Balaban J connectivity index is 1.24. The molecule has 2 atom stereocenters. The fourth-order valence-electron chi connectivity index (χ4n) is 6.63. The van der Waals surface area contributed by atoms with Gasteiger partial charge in [-0.2, -0.15) is 0 Å². The number of piperidine rings is 1. The Morgan fingerprint density at radius 2 is 1.97 bits per heavy atom. The molecule has 3 fully saturated rings. The second kappa shape index (κ2) is 9.41. The minimum atomic E-state index is -0.112. The van der Waals surface area contributed by atoms with Crippen molar-refractivity contribution in [2.24, 2.45) is 11.3 Å². The fraction of sp³-hybridized carbons (Fsp3) is 0.600. The Kier molecular flexibility index (Phi) is 6.58. The third-order valence-electron chi connectivity index (χ3n) is 8.84. The van der Waals surface area contributed by atoms with Crippen LogP contribution in [0.25, 0.3) is 0 Å². The van der Waals surface area contributed by atoms with Gasteiger partial charge >= 0.3 is 0 Å². The number of rotatable bonds is 6. The van der Waals surface area contributed by atoms with Crippen LogP contribution < -0.4 is 10.2 Å². The molecule has 6 heteroatoms. The van der Waals surface area contributed by atoms with Gasteiger partial charge in [0, 0.05) is 19.1 Å². The minimum absolute atomic E-state index is 0.0726. The van der Waals surface area contributed by atoms with Crippen molar-refractivity contribution >= 4 is 19.5 Å². The number of nitrogens with one attached hydrogen (secondary N) is 1. The number of aromatic nitrogens is 2. The summed E-state index contributed by atoms with van der Waals surface area (Å²) >= 11 is 0. The third kappa shape index (κ3) is 4.87. The van der Waals surface area contributed by atoms with Crippen molar-refractivity contribution in [2.45, 2.75) is 77.7 Å². The van der Waals surface area contributed by atoms with Crippen LogP contribution in [0.5, 0.6) is 0 Å². The molecule has 3 aliphatic rings. The SMILES string of the molecule is [B][C@]1(C2CN(c3cnc(C#C)c(N[C@H](C)c4ccc(C)cc4C)n3)C2)CCCN(C2CC(C)(C)C2)C1. The van der Waals surface area contributed by atoms with Crippen molar-refractivity contribution in [2.75, 3.05) is 36.4 Å². The van der Waals surface area contributed by atoms with Crippen LogP contribution in [0.4, 0.5) is 11.6 Å². The monoisotopic (exact) mass is 481 g/mol. The van der Waals surface area contributed by atoms with E-state index in [1.807, 2.05) is 6.20 Å². The summed E-state index contributed by atoms with van der Waals surface area (Å²) in [6, 6.07) is 7.32. The van der Waals surface area contributed by atoms with Gasteiger partial charge in [-0.1, -0.05) is 44.0 Å². The number of anilines is 2. The van der Waals surface area contributed by atoms with Crippen molar-refractivity contribution in [3.63, 3.8) is 0 Å². The number of aryl methyl sites for hydroxylation is 2. The summed E-state index contributed by atoms with van der Waals surface area (Å²) in [5.74, 6) is 4.72. The van der Waals surface area contributed by atoms with Gasteiger partial charge in [0.1, 0.15) is 5.82 Å². The van der Waals surface area contributed by atoms with Gasteiger partial charge in [0.25, 0.3) is 0 Å². The number of benzene rings is 1. The molecule has 1 N–H and O–H groups in total. The molecule has 2 aliphatic heterocycles. The molecule has 36 heavy (non-hydrogen) atoms. The molecular weight excluding hydrogens is 441 g/mol. The molecule has 1 aromatic carbocycles. The highest BCUT2D eigenvalue weighted by Gasteiger charge is 2.47. The summed E-state index contributed by atoms with van der Waals surface area (Å²) in [4.78, 5) is 14.5. The van der Waals surface area contributed by atoms with Gasteiger partial charge in [-0.3, -0.25) is 0 Å². The first-order chi connectivity index (χ1) is 17.1. The quantitative estimate of drug-likeness (QED) is 0.448. The second-order valence-electron chi connectivity index (χ2n) is 12.4. The van der Waals surface area contributed by atoms with Gasteiger partial charge in [-0.05, 0) is 86.8 Å². The van der Waals surface area contributed by atoms with Gasteiger partial charge in [0.2, 0.25) is 0 Å². The lowest BCUT2D eigenvalue weighted by Crippen LogP contribution is -2.59. The smallest absolute Gasteiger partial charge is 0.163 e. The Morgan fingerprint density at radius 3 is 2.64 bits per heavy atom. The molecule has 5 rings (SSSR count). The summed E-state index contributed by atoms with van der Waals surface area (Å²) in [5.41, 5.74) is 4.80. The molecule has 1 saturated carbocycles. The maximum atomic E-state index is 7.07. The molecule has 188 valence electrons. The van der Waals surface area contributed by atoms with Gasteiger partial charge in [-0.25, -0.2) is 9.97 Å². The minimum Gasteiger partial charge on any atom is -0.361 e. The van der Waals surface area contributed by atoms with E-state index in [4.69, 9.17) is 19.3 Å². The van der Waals surface area contributed by atoms with E-state index in [1.165, 1.54) is 42.5 Å². The summed E-state index contributed by atoms with van der Waals surface area (Å²) in [7, 11) is 7.07. The zero-order chi connectivity index (χ0) is 25.7. The van der Waals surface area contributed by atoms with E-state index in [0.717, 1.165) is 37.9 Å². The first-order valence-corrected chi connectivity index (χ1v) is 13.5. The first kappa shape index (κ1) is 25.1. The van der Waals surface area contributed by atoms with Crippen LogP contribution in [0.15, 0.2) is 24.4 Å². The van der Waals surface area contributed by atoms with Crippen LogP contribution in [-0.4, -0.2) is 54.9 Å². The molecule has 5 nitrogen and oxygen atoms in total. The summed E-state index contributed by atoms with van der Waals surface area (Å²) < 4.78 is 0. The van der Waals surface area contributed by atoms with E-state index in [1.54, 1.807) is 0 Å². The third-order valence-corrected chi connectivity index (χ3v) is 8.84. The highest BCUT2D eigenvalue weighted by molar-refractivity contribution is 6.16. The van der Waals surface area contributed by atoms with E-state index < -0.39 is 0 Å². The van der Waals surface area contributed by atoms with Crippen molar-refractivity contribution < 1.29 is 0 Å². The zero-order valence-corrected chi connectivity index (χ0v) is 22.6. The molecule has 0 bridgehead atoms. The van der Waals surface area contributed by atoms with Crippen LogP contribution >= 0.6 is 0 Å². The Bertz CT molecular complexity index is 1160. The van der Waals surface area contributed by atoms with Crippen LogP contribution in [-0.2, 0) is 0 Å². The molecule has 2 aromatic rings. The van der Waals surface area contributed by atoms with Gasteiger partial charge in [0.15, 0.2) is 11.5 Å². The van der Waals surface area contributed by atoms with Gasteiger partial charge in [0.05, 0.1) is 20.1 Å². The molecule has 2 saturated heterocycles. The molecule has 0 spiro atoms. The van der Waals surface area contributed by atoms with E-state index >= 15 is 0 Å². The Morgan fingerprint density at radius 1 is 1.22 bits per heavy atom.